The van der Waals surface area contributed by atoms with Gasteiger partial charge in [0.15, 0.2) is 5.96 Å². The number of nitrogens with one attached hydrogen (secondary N) is 2. The third-order valence-electron chi connectivity index (χ3n) is 5.09. The second kappa shape index (κ2) is 8.91. The molecule has 1 aliphatic heterocycles. The van der Waals surface area contributed by atoms with Gasteiger partial charge in [0.2, 0.25) is 5.91 Å². The van der Waals surface area contributed by atoms with E-state index in [4.69, 9.17) is 0 Å². The van der Waals surface area contributed by atoms with Gasteiger partial charge in [-0.05, 0) is 29.7 Å². The quantitative estimate of drug-likeness (QED) is 0.616. The largest absolute Gasteiger partial charge is 0.352 e. The van der Waals surface area contributed by atoms with Crippen LogP contribution in [-0.2, 0) is 18.4 Å². The summed E-state index contributed by atoms with van der Waals surface area (Å²) >= 11 is 0. The maximum Gasteiger partial charge on any atom is 0.226 e. The normalized spacial score (nSPS) is 17.2. The van der Waals surface area contributed by atoms with Gasteiger partial charge in [0.1, 0.15) is 0 Å². The first-order valence-electron chi connectivity index (χ1n) is 9.80. The van der Waals surface area contributed by atoms with E-state index in [0.29, 0.717) is 12.5 Å². The van der Waals surface area contributed by atoms with Gasteiger partial charge in [-0.25, -0.2) is 0 Å². The molecule has 28 heavy (non-hydrogen) atoms. The topological polar surface area (TPSA) is 74.6 Å². The van der Waals surface area contributed by atoms with E-state index in [2.05, 4.69) is 31.8 Å². The monoisotopic (exact) mass is 382 g/mol. The average molecular weight is 383 g/mol. The van der Waals surface area contributed by atoms with E-state index >= 15 is 0 Å². The van der Waals surface area contributed by atoms with Gasteiger partial charge >= 0.3 is 0 Å². The number of amides is 1. The lowest BCUT2D eigenvalue weighted by Gasteiger charge is -2.21. The molecular weight excluding hydrogens is 352 g/mol. The van der Waals surface area contributed by atoms with E-state index < -0.39 is 0 Å². The van der Waals surface area contributed by atoms with Gasteiger partial charge in [-0.3, -0.25) is 14.5 Å². The number of guanidine groups is 1. The maximum absolute atomic E-state index is 11.8. The van der Waals surface area contributed by atoms with E-state index in [1.54, 1.807) is 0 Å². The van der Waals surface area contributed by atoms with Crippen LogP contribution in [0.25, 0.3) is 0 Å². The Bertz CT molecular complexity index is 824. The number of carbonyl (C=O) groups is 1. The van der Waals surface area contributed by atoms with Gasteiger partial charge in [0, 0.05) is 57.4 Å². The van der Waals surface area contributed by atoms with Crippen molar-refractivity contribution in [3.05, 3.63) is 47.8 Å². The van der Waals surface area contributed by atoms with Crippen molar-refractivity contribution in [1.82, 2.24) is 20.0 Å². The number of benzene rings is 1. The fourth-order valence-corrected chi connectivity index (χ4v) is 3.38. The van der Waals surface area contributed by atoms with Crippen LogP contribution in [-0.4, -0.2) is 46.7 Å². The lowest BCUT2D eigenvalue weighted by molar-refractivity contribution is -0.118. The van der Waals surface area contributed by atoms with Crippen LogP contribution in [0.15, 0.2) is 41.7 Å². The summed E-state index contributed by atoms with van der Waals surface area (Å²) in [6.07, 6.45) is 5.17. The molecule has 0 spiro atoms. The van der Waals surface area contributed by atoms with Crippen LogP contribution in [0.1, 0.15) is 37.3 Å². The van der Waals surface area contributed by atoms with E-state index in [1.807, 2.05) is 63.1 Å². The molecule has 0 saturated carbocycles. The number of aliphatic imine (C=N–C) groups is 1. The Morgan fingerprint density at radius 3 is 2.68 bits per heavy atom. The summed E-state index contributed by atoms with van der Waals surface area (Å²) in [6.45, 7) is 6.40. The van der Waals surface area contributed by atoms with Crippen LogP contribution in [0, 0.1) is 5.92 Å². The number of carbonyl (C=O) groups excluding carboxylic acids is 1. The molecular formula is C21H30N6O. The molecule has 2 aromatic rings. The highest BCUT2D eigenvalue weighted by Gasteiger charge is 2.26. The zero-order valence-electron chi connectivity index (χ0n) is 17.1. The molecule has 150 valence electrons. The Balaban J connectivity index is 1.52. The summed E-state index contributed by atoms with van der Waals surface area (Å²) < 4.78 is 1.86. The molecule has 1 unspecified atom stereocenters. The van der Waals surface area contributed by atoms with E-state index in [0.717, 1.165) is 36.7 Å². The van der Waals surface area contributed by atoms with Crippen LogP contribution >= 0.6 is 0 Å². The van der Waals surface area contributed by atoms with Gasteiger partial charge in [0.25, 0.3) is 0 Å². The third-order valence-corrected chi connectivity index (χ3v) is 5.09. The zero-order valence-corrected chi connectivity index (χ0v) is 17.1. The molecule has 2 heterocycles. The first-order chi connectivity index (χ1) is 13.5. The molecule has 3 rings (SSSR count). The predicted octanol–water partition coefficient (Wildman–Crippen LogP) is 2.58. The summed E-state index contributed by atoms with van der Waals surface area (Å²) in [4.78, 5) is 18.5. The van der Waals surface area contributed by atoms with Crippen molar-refractivity contribution in [1.29, 1.82) is 0 Å². The van der Waals surface area contributed by atoms with E-state index in [9.17, 15) is 4.79 Å². The summed E-state index contributed by atoms with van der Waals surface area (Å²) in [5, 5.41) is 10.7. The standard InChI is InChI=1S/C21H30N6O/c1-15(2)20(28)25-19-7-5-16(6-8-19)11-23-21(22-3)27-10-9-17(14-27)18-12-24-26(4)13-18/h5-8,12-13,15,17H,9-11,14H2,1-4H3,(H,22,23)(H,25,28). The van der Waals surface area contributed by atoms with Crippen molar-refractivity contribution in [3.8, 4) is 0 Å². The summed E-state index contributed by atoms with van der Waals surface area (Å²) in [7, 11) is 3.78. The molecule has 0 radical (unpaired) electrons. The molecule has 1 aliphatic rings. The molecule has 2 N–H and O–H groups in total. The summed E-state index contributed by atoms with van der Waals surface area (Å²) in [5.74, 6) is 1.42. The number of anilines is 1. The second-order valence-electron chi connectivity index (χ2n) is 7.62. The third kappa shape index (κ3) is 4.91. The molecule has 7 nitrogen and oxygen atoms in total. The maximum atomic E-state index is 11.8. The second-order valence-corrected chi connectivity index (χ2v) is 7.62. The number of aryl methyl sites for hydroxylation is 1. The van der Waals surface area contributed by atoms with Gasteiger partial charge in [0.05, 0.1) is 6.20 Å². The number of hydrogen-bond acceptors (Lipinski definition) is 3. The van der Waals surface area contributed by atoms with Crippen molar-refractivity contribution in [2.45, 2.75) is 32.7 Å². The highest BCUT2D eigenvalue weighted by molar-refractivity contribution is 5.92. The Labute approximate surface area is 166 Å². The summed E-state index contributed by atoms with van der Waals surface area (Å²) in [5.41, 5.74) is 3.26. The van der Waals surface area contributed by atoms with Gasteiger partial charge in [-0.15, -0.1) is 0 Å². The van der Waals surface area contributed by atoms with E-state index in [-0.39, 0.29) is 11.8 Å². The summed E-state index contributed by atoms with van der Waals surface area (Å²) in [6, 6.07) is 7.93. The Morgan fingerprint density at radius 1 is 1.32 bits per heavy atom. The average Bonchev–Trinajstić information content (AvgIpc) is 3.32. The van der Waals surface area contributed by atoms with Gasteiger partial charge < -0.3 is 15.5 Å². The molecule has 1 aromatic heterocycles. The molecule has 0 bridgehead atoms. The molecule has 1 aromatic carbocycles. The lowest BCUT2D eigenvalue weighted by atomic mass is 10.0. The number of hydrogen-bond donors (Lipinski definition) is 2. The van der Waals surface area contributed by atoms with Crippen molar-refractivity contribution in [2.24, 2.45) is 18.0 Å². The highest BCUT2D eigenvalue weighted by atomic mass is 16.1. The Kier molecular flexibility index (Phi) is 6.34. The van der Waals surface area contributed by atoms with Crippen molar-refractivity contribution in [2.75, 3.05) is 25.5 Å². The predicted molar refractivity (Wildman–Crippen MR) is 112 cm³/mol. The fraction of sp³-hybridized carbons (Fsp3) is 0.476. The Morgan fingerprint density at radius 2 is 2.07 bits per heavy atom. The molecule has 1 fully saturated rings. The van der Waals surface area contributed by atoms with Crippen LogP contribution in [0.4, 0.5) is 5.69 Å². The smallest absolute Gasteiger partial charge is 0.226 e. The van der Waals surface area contributed by atoms with Crippen LogP contribution < -0.4 is 10.6 Å². The van der Waals surface area contributed by atoms with Gasteiger partial charge in [-0.1, -0.05) is 26.0 Å². The number of aromatic nitrogens is 2. The van der Waals surface area contributed by atoms with Crippen LogP contribution in [0.5, 0.6) is 0 Å². The van der Waals surface area contributed by atoms with Gasteiger partial charge in [-0.2, -0.15) is 5.10 Å². The molecule has 7 heteroatoms. The van der Waals surface area contributed by atoms with Crippen LogP contribution in [0.3, 0.4) is 0 Å². The molecule has 1 atom stereocenters. The van der Waals surface area contributed by atoms with Crippen LogP contribution in [0.2, 0.25) is 0 Å². The first-order valence-corrected chi connectivity index (χ1v) is 9.80. The Hall–Kier alpha value is -2.83. The molecule has 1 amide bonds. The fourth-order valence-electron chi connectivity index (χ4n) is 3.38. The minimum Gasteiger partial charge on any atom is -0.352 e. The zero-order chi connectivity index (χ0) is 20.1. The molecule has 0 aliphatic carbocycles. The number of likely N-dealkylation sites (tertiary alicyclic amines) is 1. The number of rotatable bonds is 5. The van der Waals surface area contributed by atoms with Crippen molar-refractivity contribution < 1.29 is 4.79 Å². The minimum atomic E-state index is -0.0272. The first kappa shape index (κ1) is 19.9. The SMILES string of the molecule is CN=C(NCc1ccc(NC(=O)C(C)C)cc1)N1CCC(c2cnn(C)c2)C1. The minimum absolute atomic E-state index is 0.0272. The number of nitrogens with zero attached hydrogens (tertiary/aromatic N) is 4. The molecule has 1 saturated heterocycles. The lowest BCUT2D eigenvalue weighted by Crippen LogP contribution is -2.39. The van der Waals surface area contributed by atoms with E-state index in [1.165, 1.54) is 5.56 Å². The van der Waals surface area contributed by atoms with Crippen molar-refractivity contribution >= 4 is 17.6 Å². The van der Waals surface area contributed by atoms with Crippen molar-refractivity contribution in [3.63, 3.8) is 0 Å². The highest BCUT2D eigenvalue weighted by Crippen LogP contribution is 2.26.